The molecule has 0 spiro atoms. The van der Waals surface area contributed by atoms with Gasteiger partial charge in [-0.25, -0.2) is 0 Å². The van der Waals surface area contributed by atoms with E-state index in [1.807, 2.05) is 0 Å². The standard InChI is InChI=1S/C62H45NSi/c1-64(2)61-16-10-9-15-55(61)56-36-35-54(41-62(56)64)63-59-37-33-52(50-29-25-48(26-30-50)46-21-17-44(18-22-46)42-11-5-3-6-12-42)39-57(59)58-40-53(34-38-60(58)63)51-31-27-49(28-32-51)47-23-19-45(20-24-47)43-13-7-4-8-14-43/h3-41H,1-2H3. The summed E-state index contributed by atoms with van der Waals surface area (Å²) in [5.74, 6) is 0. The van der Waals surface area contributed by atoms with Gasteiger partial charge in [-0.15, -0.1) is 0 Å². The molecule has 0 radical (unpaired) electrons. The van der Waals surface area contributed by atoms with Crippen LogP contribution >= 0.6 is 0 Å². The van der Waals surface area contributed by atoms with E-state index in [1.54, 1.807) is 0 Å². The molecule has 11 aromatic rings. The lowest BCUT2D eigenvalue weighted by atomic mass is 9.96. The van der Waals surface area contributed by atoms with Gasteiger partial charge in [0.1, 0.15) is 8.07 Å². The zero-order valence-electron chi connectivity index (χ0n) is 36.0. The van der Waals surface area contributed by atoms with Gasteiger partial charge in [0.2, 0.25) is 0 Å². The summed E-state index contributed by atoms with van der Waals surface area (Å²) in [6.07, 6.45) is 0. The van der Waals surface area contributed by atoms with Crippen LogP contribution in [0.5, 0.6) is 0 Å². The molecule has 64 heavy (non-hydrogen) atoms. The van der Waals surface area contributed by atoms with Crippen LogP contribution in [0.4, 0.5) is 0 Å². The van der Waals surface area contributed by atoms with E-state index in [0.717, 1.165) is 0 Å². The second-order valence-electron chi connectivity index (χ2n) is 17.7. The Hall–Kier alpha value is -7.78. The predicted octanol–water partition coefficient (Wildman–Crippen LogP) is 15.6. The summed E-state index contributed by atoms with van der Waals surface area (Å²) >= 11 is 0. The fourth-order valence-corrected chi connectivity index (χ4v) is 13.3. The molecule has 0 amide bonds. The number of hydrogen-bond donors (Lipinski definition) is 0. The number of benzene rings is 10. The normalized spacial score (nSPS) is 12.7. The van der Waals surface area contributed by atoms with Crippen molar-refractivity contribution < 1.29 is 0 Å². The van der Waals surface area contributed by atoms with Gasteiger partial charge in [-0.3, -0.25) is 0 Å². The molecule has 0 fully saturated rings. The quantitative estimate of drug-likeness (QED) is 0.141. The van der Waals surface area contributed by atoms with E-state index in [2.05, 4.69) is 254 Å². The lowest BCUT2D eigenvalue weighted by Crippen LogP contribution is -2.49. The average molecular weight is 832 g/mol. The molecule has 1 aliphatic heterocycles. The molecule has 0 bridgehead atoms. The number of aromatic nitrogens is 1. The second kappa shape index (κ2) is 15.2. The van der Waals surface area contributed by atoms with Crippen molar-refractivity contribution in [3.8, 4) is 83.6 Å². The first-order valence-corrected chi connectivity index (χ1v) is 25.3. The zero-order valence-corrected chi connectivity index (χ0v) is 37.0. The highest BCUT2D eigenvalue weighted by Crippen LogP contribution is 2.39. The van der Waals surface area contributed by atoms with E-state index in [1.165, 1.54) is 116 Å². The molecule has 0 saturated carbocycles. The third-order valence-corrected chi connectivity index (χ3v) is 17.2. The first-order chi connectivity index (χ1) is 31.5. The van der Waals surface area contributed by atoms with Crippen molar-refractivity contribution in [3.05, 3.63) is 237 Å². The van der Waals surface area contributed by atoms with Crippen LogP contribution < -0.4 is 10.4 Å². The number of nitrogens with zero attached hydrogens (tertiary/aromatic N) is 1. The van der Waals surface area contributed by atoms with Crippen LogP contribution in [0.25, 0.3) is 105 Å². The van der Waals surface area contributed by atoms with Crippen LogP contribution in [0.15, 0.2) is 237 Å². The molecule has 0 aliphatic carbocycles. The molecule has 1 aromatic heterocycles. The van der Waals surface area contributed by atoms with Crippen LogP contribution in [0, 0.1) is 0 Å². The first kappa shape index (κ1) is 37.9. The number of hydrogen-bond acceptors (Lipinski definition) is 0. The molecule has 10 aromatic carbocycles. The minimum atomic E-state index is -1.88. The van der Waals surface area contributed by atoms with E-state index in [9.17, 15) is 0 Å². The SMILES string of the molecule is C[Si]1(C)c2ccccc2-c2ccc(-n3c4ccc(-c5ccc(-c6ccc(-c7ccccc7)cc6)cc5)cc4c4cc(-c5ccc(-c6ccc(-c7ccccc7)cc6)cc5)ccc43)cc21. The van der Waals surface area contributed by atoms with Gasteiger partial charge >= 0.3 is 0 Å². The highest BCUT2D eigenvalue weighted by atomic mass is 28.3. The number of rotatable bonds is 7. The fourth-order valence-electron chi connectivity index (χ4n) is 10.2. The van der Waals surface area contributed by atoms with E-state index in [-0.39, 0.29) is 0 Å². The largest absolute Gasteiger partial charge is 0.309 e. The maximum atomic E-state index is 2.50. The van der Waals surface area contributed by atoms with Crippen molar-refractivity contribution >= 4 is 40.3 Å². The van der Waals surface area contributed by atoms with Gasteiger partial charge in [0, 0.05) is 16.5 Å². The lowest BCUT2D eigenvalue weighted by Gasteiger charge is -2.20. The van der Waals surface area contributed by atoms with Crippen molar-refractivity contribution in [2.45, 2.75) is 13.1 Å². The molecule has 2 heteroatoms. The van der Waals surface area contributed by atoms with E-state index < -0.39 is 8.07 Å². The smallest absolute Gasteiger partial charge is 0.113 e. The summed E-state index contributed by atoms with van der Waals surface area (Å²) in [6.45, 7) is 5.00. The number of fused-ring (bicyclic) bond motifs is 6. The van der Waals surface area contributed by atoms with E-state index in [4.69, 9.17) is 0 Å². The zero-order chi connectivity index (χ0) is 42.8. The lowest BCUT2D eigenvalue weighted by molar-refractivity contribution is 1.18. The highest BCUT2D eigenvalue weighted by Gasteiger charge is 2.37. The molecular weight excluding hydrogens is 787 g/mol. The molecular formula is C62H45NSi. The third-order valence-electron chi connectivity index (χ3n) is 13.7. The van der Waals surface area contributed by atoms with Gasteiger partial charge in [0.05, 0.1) is 11.0 Å². The van der Waals surface area contributed by atoms with Crippen molar-refractivity contribution in [2.24, 2.45) is 0 Å². The minimum absolute atomic E-state index is 1.21. The van der Waals surface area contributed by atoms with Gasteiger partial charge in [-0.1, -0.05) is 213 Å². The Morgan fingerprint density at radius 1 is 0.266 bits per heavy atom. The second-order valence-corrected chi connectivity index (χ2v) is 22.1. The fraction of sp³-hybridized carbons (Fsp3) is 0.0323. The summed E-state index contributed by atoms with van der Waals surface area (Å²) < 4.78 is 2.50. The maximum absolute atomic E-state index is 2.50. The van der Waals surface area contributed by atoms with Crippen LogP contribution in [0.1, 0.15) is 0 Å². The van der Waals surface area contributed by atoms with E-state index >= 15 is 0 Å². The monoisotopic (exact) mass is 831 g/mol. The van der Waals surface area contributed by atoms with Gasteiger partial charge in [-0.2, -0.15) is 0 Å². The Kier molecular flexibility index (Phi) is 9.03. The summed E-state index contributed by atoms with van der Waals surface area (Å²) in [4.78, 5) is 0. The van der Waals surface area contributed by atoms with Crippen molar-refractivity contribution in [2.75, 3.05) is 0 Å². The molecule has 0 atom stereocenters. The van der Waals surface area contributed by atoms with Crippen molar-refractivity contribution in [3.63, 3.8) is 0 Å². The summed E-state index contributed by atoms with van der Waals surface area (Å²) in [5, 5.41) is 5.55. The molecule has 1 aliphatic rings. The molecule has 2 heterocycles. The van der Waals surface area contributed by atoms with Crippen molar-refractivity contribution in [1.29, 1.82) is 0 Å². The maximum Gasteiger partial charge on any atom is 0.113 e. The Morgan fingerprint density at radius 2 is 0.594 bits per heavy atom. The molecule has 302 valence electrons. The Morgan fingerprint density at radius 3 is 1.02 bits per heavy atom. The van der Waals surface area contributed by atoms with Crippen LogP contribution in [-0.2, 0) is 0 Å². The average Bonchev–Trinajstić information content (AvgIpc) is 3.81. The van der Waals surface area contributed by atoms with Crippen LogP contribution in [0.3, 0.4) is 0 Å². The molecule has 0 N–H and O–H groups in total. The van der Waals surface area contributed by atoms with Crippen LogP contribution in [0.2, 0.25) is 13.1 Å². The molecule has 12 rings (SSSR count). The topological polar surface area (TPSA) is 4.93 Å². The van der Waals surface area contributed by atoms with Gasteiger partial charge in [0.15, 0.2) is 0 Å². The van der Waals surface area contributed by atoms with Gasteiger partial charge in [-0.05, 0) is 125 Å². The molecule has 1 nitrogen and oxygen atoms in total. The highest BCUT2D eigenvalue weighted by molar-refractivity contribution is 7.03. The Balaban J connectivity index is 0.930. The Labute approximate surface area is 376 Å². The molecule has 0 unspecified atom stereocenters. The van der Waals surface area contributed by atoms with Gasteiger partial charge < -0.3 is 4.57 Å². The van der Waals surface area contributed by atoms with Crippen molar-refractivity contribution in [1.82, 2.24) is 4.57 Å². The van der Waals surface area contributed by atoms with E-state index in [0.29, 0.717) is 0 Å². The van der Waals surface area contributed by atoms with Crippen LogP contribution in [-0.4, -0.2) is 12.6 Å². The first-order valence-electron chi connectivity index (χ1n) is 22.3. The summed E-state index contributed by atoms with van der Waals surface area (Å²) in [6, 6.07) is 87.4. The van der Waals surface area contributed by atoms with Gasteiger partial charge in [0.25, 0.3) is 0 Å². The minimum Gasteiger partial charge on any atom is -0.309 e. The third kappa shape index (κ3) is 6.46. The Bertz CT molecular complexity index is 3320. The summed E-state index contributed by atoms with van der Waals surface area (Å²) in [5.41, 5.74) is 21.1. The summed E-state index contributed by atoms with van der Waals surface area (Å²) in [7, 11) is -1.88. The molecule has 0 saturated heterocycles. The predicted molar refractivity (Wildman–Crippen MR) is 276 cm³/mol.